The van der Waals surface area contributed by atoms with Gasteiger partial charge in [0.05, 0.1) is 31.1 Å². The zero-order valence-corrected chi connectivity index (χ0v) is 15.5. The van der Waals surface area contributed by atoms with Crippen LogP contribution in [0.3, 0.4) is 0 Å². The second kappa shape index (κ2) is 8.69. The Balaban J connectivity index is 0.000000318. The molecule has 2 aromatic heterocycles. The van der Waals surface area contributed by atoms with Crippen LogP contribution in [0.2, 0.25) is 0 Å². The lowest BCUT2D eigenvalue weighted by Gasteiger charge is -2.22. The number of aliphatic carboxylic acids is 1. The molecule has 162 valence electrons. The summed E-state index contributed by atoms with van der Waals surface area (Å²) < 4.78 is 48.6. The van der Waals surface area contributed by atoms with E-state index in [1.165, 1.54) is 6.20 Å². The van der Waals surface area contributed by atoms with Crippen LogP contribution in [0.5, 0.6) is 5.75 Å². The van der Waals surface area contributed by atoms with E-state index in [0.29, 0.717) is 19.7 Å². The van der Waals surface area contributed by atoms with Crippen LogP contribution >= 0.6 is 0 Å². The van der Waals surface area contributed by atoms with E-state index in [2.05, 4.69) is 10.1 Å². The van der Waals surface area contributed by atoms with Crippen LogP contribution in [0, 0.1) is 0 Å². The van der Waals surface area contributed by atoms with E-state index in [4.69, 9.17) is 23.9 Å². The highest BCUT2D eigenvalue weighted by atomic mass is 19.4. The van der Waals surface area contributed by atoms with Crippen LogP contribution in [0.25, 0.3) is 0 Å². The number of alkyl halides is 3. The van der Waals surface area contributed by atoms with Gasteiger partial charge in [0.15, 0.2) is 0 Å². The molecule has 4 heterocycles. The molecule has 0 radical (unpaired) electrons. The Kier molecular flexibility index (Phi) is 6.25. The summed E-state index contributed by atoms with van der Waals surface area (Å²) in [5, 5.41) is 10.7. The van der Waals surface area contributed by atoms with Gasteiger partial charge in [0.2, 0.25) is 5.76 Å². The van der Waals surface area contributed by atoms with Crippen molar-refractivity contribution in [3.05, 3.63) is 42.5 Å². The van der Waals surface area contributed by atoms with Gasteiger partial charge in [-0.1, -0.05) is 5.16 Å². The topological polar surface area (TPSA) is 115 Å². The molecular weight excluding hydrogens is 411 g/mol. The first kappa shape index (κ1) is 21.6. The Morgan fingerprint density at radius 1 is 1.30 bits per heavy atom. The highest BCUT2D eigenvalue weighted by Crippen LogP contribution is 2.37. The third kappa shape index (κ3) is 5.26. The molecule has 2 aromatic rings. The Labute approximate surface area is 168 Å². The minimum atomic E-state index is -5.08. The van der Waals surface area contributed by atoms with Crippen molar-refractivity contribution in [1.82, 2.24) is 15.0 Å². The fraction of sp³-hybridized carbons (Fsp3) is 0.444. The van der Waals surface area contributed by atoms with Crippen LogP contribution in [-0.2, 0) is 9.53 Å². The maximum atomic E-state index is 12.3. The third-order valence-electron chi connectivity index (χ3n) is 4.61. The monoisotopic (exact) mass is 429 g/mol. The average molecular weight is 429 g/mol. The van der Waals surface area contributed by atoms with Crippen molar-refractivity contribution in [1.29, 1.82) is 0 Å². The molecule has 2 fully saturated rings. The fourth-order valence-corrected chi connectivity index (χ4v) is 3.27. The molecule has 0 saturated carbocycles. The summed E-state index contributed by atoms with van der Waals surface area (Å²) in [5.74, 6) is -1.89. The Hall–Kier alpha value is -3.15. The standard InChI is InChI=1S/C16H17N3O4.C2HF3O2/c20-15(14-3-6-18-23-14)19-7-4-16(11-19)8-13(10-21-16)22-12-2-1-5-17-9-12;3-2(4,5)1(6)7/h1-3,5-6,9,13H,4,7-8,10-11H2;(H,6,7). The first-order chi connectivity index (χ1) is 14.2. The molecule has 0 aliphatic carbocycles. The van der Waals surface area contributed by atoms with Gasteiger partial charge in [-0.2, -0.15) is 13.2 Å². The van der Waals surface area contributed by atoms with Crippen LogP contribution in [0.4, 0.5) is 13.2 Å². The molecule has 2 atom stereocenters. The number of carbonyl (C=O) groups excluding carboxylic acids is 1. The molecule has 2 aliphatic heterocycles. The number of pyridine rings is 1. The van der Waals surface area contributed by atoms with E-state index in [1.807, 2.05) is 12.1 Å². The highest BCUT2D eigenvalue weighted by molar-refractivity contribution is 5.91. The SMILES string of the molecule is O=C(O)C(F)(F)F.O=C(c1ccno1)N1CCC2(CC(Oc3cccnc3)CO2)C1. The van der Waals surface area contributed by atoms with Crippen LogP contribution in [0.1, 0.15) is 23.4 Å². The van der Waals surface area contributed by atoms with Crippen molar-refractivity contribution in [2.24, 2.45) is 0 Å². The summed E-state index contributed by atoms with van der Waals surface area (Å²) in [4.78, 5) is 27.0. The van der Waals surface area contributed by atoms with Crippen molar-refractivity contribution < 1.29 is 41.9 Å². The normalized spacial score (nSPS) is 23.2. The van der Waals surface area contributed by atoms with E-state index in [-0.39, 0.29) is 23.4 Å². The van der Waals surface area contributed by atoms with E-state index in [1.54, 1.807) is 23.4 Å². The Bertz CT molecular complexity index is 862. The molecule has 2 unspecified atom stereocenters. The number of likely N-dealkylation sites (tertiary alicyclic amines) is 1. The number of nitrogens with zero attached hydrogens (tertiary/aromatic N) is 3. The van der Waals surface area contributed by atoms with E-state index < -0.39 is 12.1 Å². The summed E-state index contributed by atoms with van der Waals surface area (Å²) >= 11 is 0. The van der Waals surface area contributed by atoms with Gasteiger partial charge in [0, 0.05) is 25.2 Å². The zero-order valence-electron chi connectivity index (χ0n) is 15.5. The van der Waals surface area contributed by atoms with Gasteiger partial charge >= 0.3 is 12.1 Å². The lowest BCUT2D eigenvalue weighted by atomic mass is 9.98. The van der Waals surface area contributed by atoms with Crippen LogP contribution in [-0.4, -0.2) is 69.6 Å². The van der Waals surface area contributed by atoms with Crippen molar-refractivity contribution >= 4 is 11.9 Å². The maximum absolute atomic E-state index is 12.3. The summed E-state index contributed by atoms with van der Waals surface area (Å²) in [5.41, 5.74) is -0.317. The molecule has 2 saturated heterocycles. The highest BCUT2D eigenvalue weighted by Gasteiger charge is 2.48. The van der Waals surface area contributed by atoms with E-state index in [9.17, 15) is 18.0 Å². The van der Waals surface area contributed by atoms with Crippen LogP contribution in [0.15, 0.2) is 41.3 Å². The minimum absolute atomic E-state index is 0.0143. The number of rotatable bonds is 3. The molecule has 2 aliphatic rings. The number of amides is 1. The van der Waals surface area contributed by atoms with Gasteiger partial charge in [0.25, 0.3) is 5.91 Å². The molecule has 30 heavy (non-hydrogen) atoms. The predicted molar refractivity (Wildman–Crippen MR) is 92.7 cm³/mol. The van der Waals surface area contributed by atoms with E-state index >= 15 is 0 Å². The van der Waals surface area contributed by atoms with Gasteiger partial charge in [0.1, 0.15) is 11.9 Å². The fourth-order valence-electron chi connectivity index (χ4n) is 3.27. The Morgan fingerprint density at radius 3 is 2.67 bits per heavy atom. The largest absolute Gasteiger partial charge is 0.490 e. The van der Waals surface area contributed by atoms with E-state index in [0.717, 1.165) is 18.6 Å². The van der Waals surface area contributed by atoms with Gasteiger partial charge in [-0.05, 0) is 18.6 Å². The molecule has 12 heteroatoms. The molecule has 0 bridgehead atoms. The first-order valence-corrected chi connectivity index (χ1v) is 8.89. The first-order valence-electron chi connectivity index (χ1n) is 8.89. The number of hydrogen-bond acceptors (Lipinski definition) is 7. The van der Waals surface area contributed by atoms with Crippen molar-refractivity contribution in [2.45, 2.75) is 30.7 Å². The van der Waals surface area contributed by atoms with Gasteiger partial charge in [-0.3, -0.25) is 9.78 Å². The average Bonchev–Trinajstić information content (AvgIpc) is 3.45. The molecular formula is C18H18F3N3O6. The molecule has 4 rings (SSSR count). The number of carboxylic acid groups (broad SMARTS) is 1. The van der Waals surface area contributed by atoms with Gasteiger partial charge in [-0.25, -0.2) is 4.79 Å². The van der Waals surface area contributed by atoms with Gasteiger partial charge in [-0.15, -0.1) is 0 Å². The minimum Gasteiger partial charge on any atom is -0.486 e. The van der Waals surface area contributed by atoms with Crippen molar-refractivity contribution in [2.75, 3.05) is 19.7 Å². The molecule has 1 amide bonds. The number of aromatic nitrogens is 2. The lowest BCUT2D eigenvalue weighted by Crippen LogP contribution is -2.36. The molecule has 9 nitrogen and oxygen atoms in total. The predicted octanol–water partition coefficient (Wildman–Crippen LogP) is 2.16. The molecule has 1 spiro atoms. The van der Waals surface area contributed by atoms with Crippen LogP contribution < -0.4 is 4.74 Å². The number of hydrogen-bond donors (Lipinski definition) is 1. The summed E-state index contributed by atoms with van der Waals surface area (Å²) in [7, 11) is 0. The number of halogens is 3. The van der Waals surface area contributed by atoms with Gasteiger partial charge < -0.3 is 24.0 Å². The van der Waals surface area contributed by atoms with Crippen molar-refractivity contribution in [3.63, 3.8) is 0 Å². The second-order valence-electron chi connectivity index (χ2n) is 6.78. The maximum Gasteiger partial charge on any atom is 0.490 e. The molecule has 0 aromatic carbocycles. The Morgan fingerprint density at radius 2 is 2.07 bits per heavy atom. The smallest absolute Gasteiger partial charge is 0.486 e. The summed E-state index contributed by atoms with van der Waals surface area (Å²) in [6.07, 6.45) is 1.35. The summed E-state index contributed by atoms with van der Waals surface area (Å²) in [6.45, 7) is 1.73. The lowest BCUT2D eigenvalue weighted by molar-refractivity contribution is -0.192. The number of ether oxygens (including phenoxy) is 2. The van der Waals surface area contributed by atoms with Crippen molar-refractivity contribution in [3.8, 4) is 5.75 Å². The third-order valence-corrected chi connectivity index (χ3v) is 4.61. The molecule has 1 N–H and O–H groups in total. The number of carboxylic acids is 1. The zero-order chi connectivity index (χ0) is 21.8. The number of carbonyl (C=O) groups is 2. The summed E-state index contributed by atoms with van der Waals surface area (Å²) in [6, 6.07) is 5.30. The quantitative estimate of drug-likeness (QED) is 0.789. The second-order valence-corrected chi connectivity index (χ2v) is 6.78.